The molecule has 0 saturated carbocycles. The van der Waals surface area contributed by atoms with E-state index in [0.29, 0.717) is 12.1 Å². The van der Waals surface area contributed by atoms with Crippen LogP contribution in [0.5, 0.6) is 0 Å². The zero-order chi connectivity index (χ0) is 9.19. The van der Waals surface area contributed by atoms with Crippen LogP contribution < -0.4 is 0 Å². The van der Waals surface area contributed by atoms with Crippen LogP contribution in [0.3, 0.4) is 0 Å². The van der Waals surface area contributed by atoms with Crippen LogP contribution in [0.15, 0.2) is 18.3 Å². The number of halogens is 3. The lowest BCUT2D eigenvalue weighted by atomic mass is 10.2. The maximum atomic E-state index is 12.0. The van der Waals surface area contributed by atoms with Gasteiger partial charge in [0.2, 0.25) is 0 Å². The van der Waals surface area contributed by atoms with Crippen molar-refractivity contribution in [2.75, 3.05) is 0 Å². The summed E-state index contributed by atoms with van der Waals surface area (Å²) in [6.45, 7) is 1.84. The predicted molar refractivity (Wildman–Crippen MR) is 45.3 cm³/mol. The number of nitrogens with zero attached hydrogens (tertiary/aromatic N) is 1. The molecule has 0 fully saturated rings. The molecule has 1 aromatic rings. The maximum Gasteiger partial charge on any atom is 0.417 e. The third kappa shape index (κ3) is 3.05. The molecule has 1 rings (SSSR count). The van der Waals surface area contributed by atoms with Crippen LogP contribution in [-0.4, -0.2) is 4.98 Å². The summed E-state index contributed by atoms with van der Waals surface area (Å²) in [5.41, 5.74) is -0.0253. The normalized spacial score (nSPS) is 10.8. The molecule has 0 aromatic carbocycles. The SMILES string of the molecule is C.CCc1ccc(C(F)(F)F)cn1. The van der Waals surface area contributed by atoms with Crippen molar-refractivity contribution >= 4 is 0 Å². The summed E-state index contributed by atoms with van der Waals surface area (Å²) in [7, 11) is 0. The Hall–Kier alpha value is -1.06. The maximum absolute atomic E-state index is 12.0. The summed E-state index contributed by atoms with van der Waals surface area (Å²) in [6.07, 6.45) is -2.77. The van der Waals surface area contributed by atoms with Crippen LogP contribution in [0.25, 0.3) is 0 Å². The van der Waals surface area contributed by atoms with E-state index in [0.717, 1.165) is 12.3 Å². The van der Waals surface area contributed by atoms with Gasteiger partial charge in [0.25, 0.3) is 0 Å². The van der Waals surface area contributed by atoms with Crippen molar-refractivity contribution in [2.45, 2.75) is 26.9 Å². The molecule has 0 bridgehead atoms. The quantitative estimate of drug-likeness (QED) is 0.663. The van der Waals surface area contributed by atoms with Gasteiger partial charge in [-0.1, -0.05) is 14.4 Å². The number of pyridine rings is 1. The van der Waals surface area contributed by atoms with Gasteiger partial charge in [0.1, 0.15) is 0 Å². The highest BCUT2D eigenvalue weighted by atomic mass is 19.4. The average molecular weight is 191 g/mol. The van der Waals surface area contributed by atoms with Crippen LogP contribution in [0.1, 0.15) is 25.6 Å². The zero-order valence-electron chi connectivity index (χ0n) is 6.52. The van der Waals surface area contributed by atoms with E-state index in [1.54, 1.807) is 0 Å². The van der Waals surface area contributed by atoms with Crippen molar-refractivity contribution in [1.29, 1.82) is 0 Å². The summed E-state index contributed by atoms with van der Waals surface area (Å²) < 4.78 is 36.0. The van der Waals surface area contributed by atoms with E-state index in [2.05, 4.69) is 4.98 Å². The highest BCUT2D eigenvalue weighted by Crippen LogP contribution is 2.28. The summed E-state index contributed by atoms with van der Waals surface area (Å²) in [4.78, 5) is 3.64. The largest absolute Gasteiger partial charge is 0.417 e. The second-order valence-electron chi connectivity index (χ2n) is 2.39. The molecule has 1 nitrogen and oxygen atoms in total. The minimum absolute atomic E-state index is 0. The van der Waals surface area contributed by atoms with Crippen LogP contribution in [0.2, 0.25) is 0 Å². The second kappa shape index (κ2) is 4.25. The van der Waals surface area contributed by atoms with Crippen molar-refractivity contribution in [2.24, 2.45) is 0 Å². The van der Waals surface area contributed by atoms with Gasteiger partial charge in [0, 0.05) is 11.9 Å². The van der Waals surface area contributed by atoms with E-state index in [4.69, 9.17) is 0 Å². The fourth-order valence-electron chi connectivity index (χ4n) is 0.801. The smallest absolute Gasteiger partial charge is 0.261 e. The molecule has 0 atom stereocenters. The van der Waals surface area contributed by atoms with Crippen LogP contribution in [0.4, 0.5) is 13.2 Å². The van der Waals surface area contributed by atoms with Gasteiger partial charge in [-0.05, 0) is 18.6 Å². The molecule has 0 aliphatic carbocycles. The van der Waals surface area contributed by atoms with Gasteiger partial charge < -0.3 is 0 Å². The topological polar surface area (TPSA) is 12.9 Å². The first-order chi connectivity index (χ1) is 5.54. The lowest BCUT2D eigenvalue weighted by molar-refractivity contribution is -0.137. The van der Waals surface area contributed by atoms with Crippen molar-refractivity contribution in [3.8, 4) is 0 Å². The highest BCUT2D eigenvalue weighted by molar-refractivity contribution is 5.16. The molecule has 0 N–H and O–H groups in total. The molecule has 0 aliphatic rings. The Balaban J connectivity index is 0.00000144. The van der Waals surface area contributed by atoms with E-state index in [1.165, 1.54) is 6.07 Å². The van der Waals surface area contributed by atoms with Crippen molar-refractivity contribution < 1.29 is 13.2 Å². The molecule has 0 aliphatic heterocycles. The number of hydrogen-bond acceptors (Lipinski definition) is 1. The third-order valence-corrected chi connectivity index (χ3v) is 1.51. The first kappa shape index (κ1) is 11.9. The average Bonchev–Trinajstić information content (AvgIpc) is 2.03. The van der Waals surface area contributed by atoms with Crippen molar-refractivity contribution in [1.82, 2.24) is 4.98 Å². The van der Waals surface area contributed by atoms with Gasteiger partial charge in [0.05, 0.1) is 5.56 Å². The third-order valence-electron chi connectivity index (χ3n) is 1.51. The zero-order valence-corrected chi connectivity index (χ0v) is 6.52. The summed E-state index contributed by atoms with van der Waals surface area (Å²) in [5, 5.41) is 0. The lowest BCUT2D eigenvalue weighted by Gasteiger charge is -2.05. The minimum Gasteiger partial charge on any atom is -0.261 e. The monoisotopic (exact) mass is 191 g/mol. The number of aryl methyl sites for hydroxylation is 1. The van der Waals surface area contributed by atoms with Crippen molar-refractivity contribution in [3.05, 3.63) is 29.6 Å². The van der Waals surface area contributed by atoms with Gasteiger partial charge in [-0.3, -0.25) is 4.98 Å². The number of hydrogen-bond donors (Lipinski definition) is 0. The molecule has 1 aromatic heterocycles. The van der Waals surface area contributed by atoms with E-state index in [9.17, 15) is 13.2 Å². The Morgan fingerprint density at radius 2 is 1.92 bits per heavy atom. The summed E-state index contributed by atoms with van der Waals surface area (Å²) in [5.74, 6) is 0. The Morgan fingerprint density at radius 3 is 2.23 bits per heavy atom. The van der Waals surface area contributed by atoms with E-state index < -0.39 is 11.7 Å². The van der Waals surface area contributed by atoms with Crippen LogP contribution >= 0.6 is 0 Å². The standard InChI is InChI=1S/C8H8F3N.CH4/c1-2-7-4-3-6(5-12-7)8(9,10)11;/h3-5H,2H2,1H3;1H4. The molecule has 0 radical (unpaired) electrons. The molecule has 1 heterocycles. The fraction of sp³-hybridized carbons (Fsp3) is 0.444. The van der Waals surface area contributed by atoms with Gasteiger partial charge in [0.15, 0.2) is 0 Å². The summed E-state index contributed by atoms with van der Waals surface area (Å²) >= 11 is 0. The Labute approximate surface area is 75.6 Å². The van der Waals surface area contributed by atoms with Gasteiger partial charge >= 0.3 is 6.18 Å². The summed E-state index contributed by atoms with van der Waals surface area (Å²) in [6, 6.07) is 2.44. The number of rotatable bonds is 1. The van der Waals surface area contributed by atoms with Crippen molar-refractivity contribution in [3.63, 3.8) is 0 Å². The number of aromatic nitrogens is 1. The Morgan fingerprint density at radius 1 is 1.31 bits per heavy atom. The molecular weight excluding hydrogens is 179 g/mol. The van der Waals surface area contributed by atoms with Crippen LogP contribution in [0, 0.1) is 0 Å². The number of alkyl halides is 3. The Bertz CT molecular complexity index is 251. The molecule has 4 heteroatoms. The minimum atomic E-state index is -4.28. The second-order valence-corrected chi connectivity index (χ2v) is 2.39. The molecule has 0 spiro atoms. The fourth-order valence-corrected chi connectivity index (χ4v) is 0.801. The molecular formula is C9H12F3N. The lowest BCUT2D eigenvalue weighted by Crippen LogP contribution is -2.05. The van der Waals surface area contributed by atoms with E-state index in [-0.39, 0.29) is 7.43 Å². The highest BCUT2D eigenvalue weighted by Gasteiger charge is 2.30. The molecule has 13 heavy (non-hydrogen) atoms. The van der Waals surface area contributed by atoms with Gasteiger partial charge in [-0.15, -0.1) is 0 Å². The van der Waals surface area contributed by atoms with E-state index in [1.807, 2.05) is 6.92 Å². The van der Waals surface area contributed by atoms with Gasteiger partial charge in [-0.2, -0.15) is 13.2 Å². The van der Waals surface area contributed by atoms with E-state index >= 15 is 0 Å². The van der Waals surface area contributed by atoms with Crippen LogP contribution in [-0.2, 0) is 12.6 Å². The predicted octanol–water partition coefficient (Wildman–Crippen LogP) is 3.30. The first-order valence-electron chi connectivity index (χ1n) is 3.56. The Kier molecular flexibility index (Phi) is 3.91. The van der Waals surface area contributed by atoms with Gasteiger partial charge in [-0.25, -0.2) is 0 Å². The molecule has 74 valence electrons. The first-order valence-corrected chi connectivity index (χ1v) is 3.56. The molecule has 0 amide bonds. The molecule has 0 saturated heterocycles. The molecule has 0 unspecified atom stereocenters.